The molecule has 0 unspecified atom stereocenters. The molecule has 2 aromatic heterocycles. The quantitative estimate of drug-likeness (QED) is 0.508. The molecule has 2 heterocycles. The number of nitro benzene ring substituents is 1. The highest BCUT2D eigenvalue weighted by atomic mass is 79.9. The Morgan fingerprint density at radius 1 is 1.35 bits per heavy atom. The Hall–Kier alpha value is -1.99. The summed E-state index contributed by atoms with van der Waals surface area (Å²) in [5.41, 5.74) is 1.15. The minimum Gasteiger partial charge on any atom is -0.434 e. The first-order chi connectivity index (χ1) is 9.54. The van der Waals surface area contributed by atoms with E-state index in [1.807, 2.05) is 0 Å². The van der Waals surface area contributed by atoms with Crippen LogP contribution in [0.5, 0.6) is 0 Å². The molecule has 0 aliphatic carbocycles. The van der Waals surface area contributed by atoms with Gasteiger partial charge in [-0.05, 0) is 22.0 Å². The predicted molar refractivity (Wildman–Crippen MR) is 76.6 cm³/mol. The van der Waals surface area contributed by atoms with Crippen LogP contribution in [0.4, 0.5) is 5.69 Å². The van der Waals surface area contributed by atoms with Crippen molar-refractivity contribution in [3.8, 4) is 11.5 Å². The summed E-state index contributed by atoms with van der Waals surface area (Å²) in [5, 5.41) is 11.1. The van der Waals surface area contributed by atoms with Crippen LogP contribution in [0.3, 0.4) is 0 Å². The van der Waals surface area contributed by atoms with Crippen molar-refractivity contribution in [1.82, 2.24) is 9.97 Å². The summed E-state index contributed by atoms with van der Waals surface area (Å²) in [6, 6.07) is 5.79. The molecule has 3 rings (SSSR count). The smallest absolute Gasteiger partial charge is 0.270 e. The second-order valence-electron chi connectivity index (χ2n) is 3.92. The number of fused-ring (bicyclic) bond motifs is 1. The van der Waals surface area contributed by atoms with Crippen LogP contribution in [-0.2, 0) is 0 Å². The molecular formula is C12H5BrClN3O3. The molecule has 0 radical (unpaired) electrons. The maximum atomic E-state index is 10.8. The number of pyridine rings is 1. The molecule has 100 valence electrons. The molecule has 0 saturated heterocycles. The molecule has 0 aliphatic rings. The Labute approximate surface area is 125 Å². The Balaban J connectivity index is 2.19. The van der Waals surface area contributed by atoms with Crippen molar-refractivity contribution in [2.75, 3.05) is 0 Å². The highest BCUT2D eigenvalue weighted by Crippen LogP contribution is 2.32. The van der Waals surface area contributed by atoms with Gasteiger partial charge in [0.2, 0.25) is 5.89 Å². The monoisotopic (exact) mass is 353 g/mol. The van der Waals surface area contributed by atoms with E-state index in [1.165, 1.54) is 18.2 Å². The highest BCUT2D eigenvalue weighted by molar-refractivity contribution is 9.10. The summed E-state index contributed by atoms with van der Waals surface area (Å²) in [5.74, 6) is 0.194. The SMILES string of the molecule is O=[N+]([O-])c1ccc(Cl)c(-c2nc3ncc(Br)cc3o2)c1. The molecular weight excluding hydrogens is 350 g/mol. The van der Waals surface area contributed by atoms with E-state index in [4.69, 9.17) is 16.0 Å². The minimum absolute atomic E-state index is 0.0826. The Bertz CT molecular complexity index is 834. The Morgan fingerprint density at radius 2 is 2.15 bits per heavy atom. The highest BCUT2D eigenvalue weighted by Gasteiger charge is 2.16. The van der Waals surface area contributed by atoms with Gasteiger partial charge in [-0.3, -0.25) is 10.1 Å². The van der Waals surface area contributed by atoms with Gasteiger partial charge in [-0.1, -0.05) is 11.6 Å². The van der Waals surface area contributed by atoms with Gasteiger partial charge < -0.3 is 4.42 Å². The number of nitro groups is 1. The number of rotatable bonds is 2. The number of hydrogen-bond acceptors (Lipinski definition) is 5. The molecule has 0 aliphatic heterocycles. The fourth-order valence-electron chi connectivity index (χ4n) is 1.70. The van der Waals surface area contributed by atoms with E-state index in [2.05, 4.69) is 25.9 Å². The van der Waals surface area contributed by atoms with E-state index >= 15 is 0 Å². The van der Waals surface area contributed by atoms with E-state index < -0.39 is 4.92 Å². The third-order valence-corrected chi connectivity index (χ3v) is 3.37. The third kappa shape index (κ3) is 2.25. The zero-order valence-electron chi connectivity index (χ0n) is 9.71. The fourth-order valence-corrected chi connectivity index (χ4v) is 2.21. The number of nitrogens with zero attached hydrogens (tertiary/aromatic N) is 3. The standard InChI is InChI=1S/C12H5BrClN3O3/c13-6-3-10-11(15-5-6)16-12(20-10)8-4-7(17(18)19)1-2-9(8)14/h1-5H. The van der Waals surface area contributed by atoms with Crippen molar-refractivity contribution in [1.29, 1.82) is 0 Å². The van der Waals surface area contributed by atoms with Gasteiger partial charge in [-0.25, -0.2) is 4.98 Å². The molecule has 0 spiro atoms. The van der Waals surface area contributed by atoms with Gasteiger partial charge in [0.25, 0.3) is 5.69 Å². The number of benzene rings is 1. The molecule has 6 nitrogen and oxygen atoms in total. The molecule has 20 heavy (non-hydrogen) atoms. The van der Waals surface area contributed by atoms with Crippen molar-refractivity contribution < 1.29 is 9.34 Å². The first kappa shape index (κ1) is 13.0. The van der Waals surface area contributed by atoms with Gasteiger partial charge in [-0.2, -0.15) is 4.98 Å². The zero-order chi connectivity index (χ0) is 14.3. The molecule has 0 saturated carbocycles. The van der Waals surface area contributed by atoms with Gasteiger partial charge in [0.15, 0.2) is 11.2 Å². The van der Waals surface area contributed by atoms with Gasteiger partial charge in [-0.15, -0.1) is 0 Å². The van der Waals surface area contributed by atoms with Gasteiger partial charge >= 0.3 is 0 Å². The summed E-state index contributed by atoms with van der Waals surface area (Å²) in [7, 11) is 0. The lowest BCUT2D eigenvalue weighted by molar-refractivity contribution is -0.384. The molecule has 3 aromatic rings. The Morgan fingerprint density at radius 3 is 2.90 bits per heavy atom. The fraction of sp³-hybridized carbons (Fsp3) is 0. The topological polar surface area (TPSA) is 82.1 Å². The van der Waals surface area contributed by atoms with E-state index in [0.717, 1.165) is 4.47 Å². The Kier molecular flexibility index (Phi) is 3.15. The van der Waals surface area contributed by atoms with Gasteiger partial charge in [0.1, 0.15) is 0 Å². The van der Waals surface area contributed by atoms with E-state index in [0.29, 0.717) is 21.8 Å². The number of halogens is 2. The maximum Gasteiger partial charge on any atom is 0.270 e. The van der Waals surface area contributed by atoms with Crippen molar-refractivity contribution in [3.63, 3.8) is 0 Å². The minimum atomic E-state index is -0.503. The first-order valence-electron chi connectivity index (χ1n) is 5.41. The van der Waals surface area contributed by atoms with Crippen molar-refractivity contribution in [3.05, 3.63) is 50.1 Å². The molecule has 0 atom stereocenters. The number of non-ortho nitro benzene ring substituents is 1. The lowest BCUT2D eigenvalue weighted by Crippen LogP contribution is -1.89. The van der Waals surface area contributed by atoms with E-state index in [-0.39, 0.29) is 11.6 Å². The second-order valence-corrected chi connectivity index (χ2v) is 5.24. The molecule has 1 aromatic carbocycles. The van der Waals surface area contributed by atoms with Crippen molar-refractivity contribution in [2.45, 2.75) is 0 Å². The van der Waals surface area contributed by atoms with Crippen LogP contribution >= 0.6 is 27.5 Å². The second kappa shape index (κ2) is 4.84. The summed E-state index contributed by atoms with van der Waals surface area (Å²) >= 11 is 9.32. The van der Waals surface area contributed by atoms with Crippen LogP contribution in [0, 0.1) is 10.1 Å². The van der Waals surface area contributed by atoms with Gasteiger partial charge in [0, 0.05) is 28.9 Å². The van der Waals surface area contributed by atoms with Crippen LogP contribution in [0.25, 0.3) is 22.7 Å². The molecule has 8 heteroatoms. The molecule has 0 fully saturated rings. The molecule has 0 bridgehead atoms. The maximum absolute atomic E-state index is 10.8. The van der Waals surface area contributed by atoms with Crippen LogP contribution in [0.2, 0.25) is 5.02 Å². The number of oxazole rings is 1. The number of hydrogen-bond donors (Lipinski definition) is 0. The van der Waals surface area contributed by atoms with Crippen LogP contribution in [0.1, 0.15) is 0 Å². The van der Waals surface area contributed by atoms with Crippen molar-refractivity contribution >= 4 is 44.4 Å². The lowest BCUT2D eigenvalue weighted by Gasteiger charge is -1.98. The summed E-state index contributed by atoms with van der Waals surface area (Å²) < 4.78 is 6.29. The zero-order valence-corrected chi connectivity index (χ0v) is 12.1. The normalized spacial score (nSPS) is 10.9. The van der Waals surface area contributed by atoms with Gasteiger partial charge in [0.05, 0.1) is 15.5 Å². The van der Waals surface area contributed by atoms with E-state index in [1.54, 1.807) is 12.3 Å². The molecule has 0 amide bonds. The molecule has 0 N–H and O–H groups in total. The lowest BCUT2D eigenvalue weighted by atomic mass is 10.2. The van der Waals surface area contributed by atoms with Crippen LogP contribution in [0.15, 0.2) is 39.4 Å². The largest absolute Gasteiger partial charge is 0.434 e. The predicted octanol–water partition coefficient (Wildman–Crippen LogP) is 4.21. The summed E-state index contributed by atoms with van der Waals surface area (Å²) in [6.45, 7) is 0. The van der Waals surface area contributed by atoms with Crippen molar-refractivity contribution in [2.24, 2.45) is 0 Å². The third-order valence-electron chi connectivity index (χ3n) is 2.60. The average molecular weight is 355 g/mol. The van der Waals surface area contributed by atoms with E-state index in [9.17, 15) is 10.1 Å². The average Bonchev–Trinajstić information content (AvgIpc) is 2.81. The van der Waals surface area contributed by atoms with Crippen LogP contribution < -0.4 is 0 Å². The van der Waals surface area contributed by atoms with Crippen LogP contribution in [-0.4, -0.2) is 14.9 Å². The summed E-state index contributed by atoms with van der Waals surface area (Å²) in [4.78, 5) is 18.6. The first-order valence-corrected chi connectivity index (χ1v) is 6.58. The number of aromatic nitrogens is 2. The summed E-state index contributed by atoms with van der Waals surface area (Å²) in [6.07, 6.45) is 1.59.